The number of aromatic hydroxyl groups is 1. The van der Waals surface area contributed by atoms with Crippen molar-refractivity contribution in [1.82, 2.24) is 0 Å². The van der Waals surface area contributed by atoms with Gasteiger partial charge in [-0.15, -0.1) is 0 Å². The lowest BCUT2D eigenvalue weighted by atomic mass is 9.53. The molecule has 4 rings (SSSR count). The molecule has 3 unspecified atom stereocenters. The van der Waals surface area contributed by atoms with Crippen LogP contribution in [-0.2, 0) is 0 Å². The van der Waals surface area contributed by atoms with Gasteiger partial charge in [-0.1, -0.05) is 32.8 Å². The van der Waals surface area contributed by atoms with Gasteiger partial charge in [-0.2, -0.15) is 0 Å². The van der Waals surface area contributed by atoms with Gasteiger partial charge in [0, 0.05) is 12.0 Å². The van der Waals surface area contributed by atoms with E-state index in [4.69, 9.17) is 0 Å². The number of carbonyl (C=O) groups is 1. The maximum absolute atomic E-state index is 12.7. The van der Waals surface area contributed by atoms with Gasteiger partial charge in [0.2, 0.25) is 0 Å². The highest BCUT2D eigenvalue weighted by molar-refractivity contribution is 5.99. The normalized spacial score (nSPS) is 37.7. The second-order valence-electron chi connectivity index (χ2n) is 8.74. The van der Waals surface area contributed by atoms with Crippen molar-refractivity contribution < 1.29 is 9.90 Å². The minimum Gasteiger partial charge on any atom is -0.508 e. The van der Waals surface area contributed by atoms with E-state index in [9.17, 15) is 9.90 Å². The first kappa shape index (κ1) is 16.2. The van der Waals surface area contributed by atoms with Crippen LogP contribution >= 0.6 is 0 Å². The van der Waals surface area contributed by atoms with E-state index in [1.165, 1.54) is 50.5 Å². The standard InChI is InChI=1S/C22H30O2/c1-3-4-5-14-6-9-20-18-13-21(24)19-12-15(23)7-8-16(19)17(18)10-11-22(14,20)2/h7-8,12,14,17-18,20,23H,3-6,9-11,13H2,1-2H3/t14-,17?,18?,20?,22+/m0/s1. The first-order valence-corrected chi connectivity index (χ1v) is 9.90. The number of ketones is 1. The maximum atomic E-state index is 12.7. The SMILES string of the molecule is CCCC[C@H]1CCC2C3CC(=O)c4cc(O)ccc4C3CC[C@@]21C. The first-order chi connectivity index (χ1) is 11.5. The highest BCUT2D eigenvalue weighted by atomic mass is 16.3. The average Bonchev–Trinajstić information content (AvgIpc) is 2.90. The van der Waals surface area contributed by atoms with E-state index in [-0.39, 0.29) is 11.5 Å². The van der Waals surface area contributed by atoms with E-state index in [0.717, 1.165) is 11.5 Å². The molecular weight excluding hydrogens is 296 g/mol. The lowest BCUT2D eigenvalue weighted by Crippen LogP contribution is -2.43. The molecular formula is C22H30O2. The summed E-state index contributed by atoms with van der Waals surface area (Å²) < 4.78 is 0. The van der Waals surface area contributed by atoms with Gasteiger partial charge in [0.05, 0.1) is 0 Å². The van der Waals surface area contributed by atoms with Crippen LogP contribution in [0.4, 0.5) is 0 Å². The molecule has 0 amide bonds. The zero-order valence-corrected chi connectivity index (χ0v) is 15.1. The highest BCUT2D eigenvalue weighted by Gasteiger charge is 2.55. The zero-order chi connectivity index (χ0) is 16.9. The van der Waals surface area contributed by atoms with Crippen molar-refractivity contribution in [2.24, 2.45) is 23.2 Å². The van der Waals surface area contributed by atoms with Crippen molar-refractivity contribution in [3.8, 4) is 5.75 Å². The van der Waals surface area contributed by atoms with Crippen molar-refractivity contribution >= 4 is 5.78 Å². The fraction of sp³-hybridized carbons (Fsp3) is 0.682. The van der Waals surface area contributed by atoms with Crippen molar-refractivity contribution in [3.63, 3.8) is 0 Å². The lowest BCUT2D eigenvalue weighted by Gasteiger charge is -2.50. The zero-order valence-electron chi connectivity index (χ0n) is 15.1. The van der Waals surface area contributed by atoms with E-state index >= 15 is 0 Å². The number of hydrogen-bond donors (Lipinski definition) is 1. The Bertz CT molecular complexity index is 649. The van der Waals surface area contributed by atoms with Crippen molar-refractivity contribution in [3.05, 3.63) is 29.3 Å². The Morgan fingerprint density at radius 3 is 2.88 bits per heavy atom. The molecule has 1 N–H and O–H groups in total. The molecule has 130 valence electrons. The molecule has 3 aliphatic carbocycles. The summed E-state index contributed by atoms with van der Waals surface area (Å²) in [5, 5.41) is 9.76. The van der Waals surface area contributed by atoms with Crippen molar-refractivity contribution in [2.75, 3.05) is 0 Å². The van der Waals surface area contributed by atoms with Crippen LogP contribution in [0.3, 0.4) is 0 Å². The summed E-state index contributed by atoms with van der Waals surface area (Å²) in [5.41, 5.74) is 2.46. The van der Waals surface area contributed by atoms with Crippen LogP contribution in [0.15, 0.2) is 18.2 Å². The van der Waals surface area contributed by atoms with Gasteiger partial charge in [0.25, 0.3) is 0 Å². The second kappa shape index (κ2) is 5.89. The molecule has 3 aliphatic rings. The quantitative estimate of drug-likeness (QED) is 0.774. The minimum absolute atomic E-state index is 0.224. The summed E-state index contributed by atoms with van der Waals surface area (Å²) in [6.07, 6.45) is 9.91. The Hall–Kier alpha value is -1.31. The van der Waals surface area contributed by atoms with E-state index in [0.29, 0.717) is 29.6 Å². The van der Waals surface area contributed by atoms with E-state index in [1.54, 1.807) is 12.1 Å². The Kier molecular flexibility index (Phi) is 3.97. The van der Waals surface area contributed by atoms with Crippen molar-refractivity contribution in [2.45, 2.75) is 71.1 Å². The molecule has 0 spiro atoms. The number of carbonyl (C=O) groups excluding carboxylic acids is 1. The van der Waals surface area contributed by atoms with Gasteiger partial charge in [-0.3, -0.25) is 4.79 Å². The van der Waals surface area contributed by atoms with Crippen LogP contribution in [0.2, 0.25) is 0 Å². The Morgan fingerprint density at radius 1 is 1.25 bits per heavy atom. The van der Waals surface area contributed by atoms with Gasteiger partial charge in [0.15, 0.2) is 5.78 Å². The number of phenols is 1. The Balaban J connectivity index is 1.65. The second-order valence-corrected chi connectivity index (χ2v) is 8.74. The smallest absolute Gasteiger partial charge is 0.163 e. The Labute approximate surface area is 145 Å². The molecule has 0 heterocycles. The van der Waals surface area contributed by atoms with Crippen molar-refractivity contribution in [1.29, 1.82) is 0 Å². The first-order valence-electron chi connectivity index (χ1n) is 9.90. The molecule has 0 saturated heterocycles. The third kappa shape index (κ3) is 2.33. The molecule has 24 heavy (non-hydrogen) atoms. The molecule has 2 heteroatoms. The monoisotopic (exact) mass is 326 g/mol. The molecule has 0 bridgehead atoms. The summed E-state index contributed by atoms with van der Waals surface area (Å²) >= 11 is 0. The third-order valence-electron chi connectivity index (χ3n) is 7.70. The number of fused-ring (bicyclic) bond motifs is 5. The van der Waals surface area contributed by atoms with Crippen LogP contribution in [0.25, 0.3) is 0 Å². The average molecular weight is 326 g/mol. The van der Waals surface area contributed by atoms with Crippen LogP contribution in [0.1, 0.15) is 87.1 Å². The largest absolute Gasteiger partial charge is 0.508 e. The molecule has 0 aliphatic heterocycles. The van der Waals surface area contributed by atoms with Crippen LogP contribution in [0.5, 0.6) is 5.75 Å². The van der Waals surface area contributed by atoms with E-state index < -0.39 is 0 Å². The number of benzene rings is 1. The summed E-state index contributed by atoms with van der Waals surface area (Å²) in [6.45, 7) is 4.82. The number of phenolic OH excluding ortho intramolecular Hbond substituents is 1. The molecule has 2 saturated carbocycles. The lowest BCUT2D eigenvalue weighted by molar-refractivity contribution is 0.0252. The topological polar surface area (TPSA) is 37.3 Å². The fourth-order valence-corrected chi connectivity index (χ4v) is 6.42. The molecule has 2 fully saturated rings. The van der Waals surface area contributed by atoms with Gasteiger partial charge < -0.3 is 5.11 Å². The van der Waals surface area contributed by atoms with Gasteiger partial charge in [0.1, 0.15) is 5.75 Å². The molecule has 1 aromatic carbocycles. The van der Waals surface area contributed by atoms with Crippen LogP contribution in [-0.4, -0.2) is 10.9 Å². The number of hydrogen-bond acceptors (Lipinski definition) is 2. The highest BCUT2D eigenvalue weighted by Crippen LogP contribution is 2.63. The maximum Gasteiger partial charge on any atom is 0.163 e. The summed E-state index contributed by atoms with van der Waals surface area (Å²) in [5.74, 6) is 3.11. The van der Waals surface area contributed by atoms with Crippen LogP contribution < -0.4 is 0 Å². The molecule has 0 aromatic heterocycles. The van der Waals surface area contributed by atoms with E-state index in [1.807, 2.05) is 6.07 Å². The number of rotatable bonds is 3. The fourth-order valence-electron chi connectivity index (χ4n) is 6.42. The summed E-state index contributed by atoms with van der Waals surface area (Å²) in [4.78, 5) is 12.7. The predicted molar refractivity (Wildman–Crippen MR) is 96.4 cm³/mol. The molecule has 5 atom stereocenters. The molecule has 0 radical (unpaired) electrons. The minimum atomic E-state index is 0.224. The van der Waals surface area contributed by atoms with E-state index in [2.05, 4.69) is 13.8 Å². The van der Waals surface area contributed by atoms with Gasteiger partial charge in [-0.25, -0.2) is 0 Å². The number of Topliss-reactive ketones (excluding diaryl/α,β-unsaturated/α-hetero) is 1. The van der Waals surface area contributed by atoms with Gasteiger partial charge in [-0.05, 0) is 78.9 Å². The Morgan fingerprint density at radius 2 is 2.08 bits per heavy atom. The van der Waals surface area contributed by atoms with Gasteiger partial charge >= 0.3 is 0 Å². The predicted octanol–water partition coefficient (Wildman–Crippen LogP) is 5.69. The summed E-state index contributed by atoms with van der Waals surface area (Å²) in [7, 11) is 0. The number of unbranched alkanes of at least 4 members (excludes halogenated alkanes) is 1. The van der Waals surface area contributed by atoms with Crippen LogP contribution in [0, 0.1) is 23.2 Å². The molecule has 2 nitrogen and oxygen atoms in total. The summed E-state index contributed by atoms with van der Waals surface area (Å²) in [6, 6.07) is 5.48. The third-order valence-corrected chi connectivity index (χ3v) is 7.70. The molecule has 1 aromatic rings.